The highest BCUT2D eigenvalue weighted by Gasteiger charge is 2.12. The summed E-state index contributed by atoms with van der Waals surface area (Å²) >= 11 is 13.8. The number of nitrogens with one attached hydrogen (secondary N) is 1. The molecule has 0 heterocycles. The SMILES string of the molecule is CCC(CCCl)CNC(=O)c1cc(Cl)ccc1I. The Morgan fingerprint density at radius 2 is 2.22 bits per heavy atom. The van der Waals surface area contributed by atoms with E-state index in [-0.39, 0.29) is 5.91 Å². The Bertz CT molecular complexity index is 412. The van der Waals surface area contributed by atoms with Gasteiger partial charge in [-0.25, -0.2) is 0 Å². The van der Waals surface area contributed by atoms with Gasteiger partial charge in [-0.05, 0) is 53.1 Å². The van der Waals surface area contributed by atoms with Crippen LogP contribution in [-0.2, 0) is 0 Å². The molecule has 0 aliphatic heterocycles. The van der Waals surface area contributed by atoms with Crippen LogP contribution in [0.25, 0.3) is 0 Å². The standard InChI is InChI=1S/C13H16Cl2INO/c1-2-9(5-6-14)8-17-13(18)11-7-10(15)3-4-12(11)16/h3-4,7,9H,2,5-6,8H2,1H3,(H,17,18). The van der Waals surface area contributed by atoms with Crippen LogP contribution in [0.2, 0.25) is 5.02 Å². The maximum absolute atomic E-state index is 12.0. The number of carbonyl (C=O) groups excluding carboxylic acids is 1. The van der Waals surface area contributed by atoms with Crippen LogP contribution in [0.1, 0.15) is 30.1 Å². The fraction of sp³-hybridized carbons (Fsp3) is 0.462. The summed E-state index contributed by atoms with van der Waals surface area (Å²) in [5.41, 5.74) is 0.629. The fourth-order valence-corrected chi connectivity index (χ4v) is 2.67. The van der Waals surface area contributed by atoms with E-state index in [0.29, 0.717) is 28.9 Å². The van der Waals surface area contributed by atoms with Crippen molar-refractivity contribution in [3.05, 3.63) is 32.4 Å². The van der Waals surface area contributed by atoms with E-state index in [1.807, 2.05) is 6.07 Å². The number of benzene rings is 1. The molecule has 2 nitrogen and oxygen atoms in total. The first-order valence-corrected chi connectivity index (χ1v) is 7.86. The largest absolute Gasteiger partial charge is 0.352 e. The van der Waals surface area contributed by atoms with Crippen molar-refractivity contribution >= 4 is 51.7 Å². The van der Waals surface area contributed by atoms with Crippen LogP contribution < -0.4 is 5.32 Å². The number of rotatable bonds is 6. The van der Waals surface area contributed by atoms with Gasteiger partial charge in [-0.3, -0.25) is 4.79 Å². The summed E-state index contributed by atoms with van der Waals surface area (Å²) in [6.45, 7) is 2.76. The molecule has 1 aromatic rings. The second-order valence-electron chi connectivity index (χ2n) is 4.09. The lowest BCUT2D eigenvalue weighted by Crippen LogP contribution is -2.29. The molecule has 0 radical (unpaired) electrons. The molecule has 5 heteroatoms. The highest BCUT2D eigenvalue weighted by atomic mass is 127. The first-order valence-electron chi connectivity index (χ1n) is 5.87. The topological polar surface area (TPSA) is 29.1 Å². The Balaban J connectivity index is 2.62. The lowest BCUT2D eigenvalue weighted by atomic mass is 10.0. The normalized spacial score (nSPS) is 12.2. The number of alkyl halides is 1. The quantitative estimate of drug-likeness (QED) is 0.559. The first kappa shape index (κ1) is 16.1. The maximum atomic E-state index is 12.0. The van der Waals surface area contributed by atoms with Gasteiger partial charge in [0.05, 0.1) is 5.56 Å². The van der Waals surface area contributed by atoms with Crippen molar-refractivity contribution in [1.82, 2.24) is 5.32 Å². The molecule has 1 rings (SSSR count). The molecule has 0 aromatic heterocycles. The van der Waals surface area contributed by atoms with Crippen molar-refractivity contribution in [2.45, 2.75) is 19.8 Å². The van der Waals surface area contributed by atoms with E-state index in [2.05, 4.69) is 34.8 Å². The van der Waals surface area contributed by atoms with Crippen LogP contribution in [-0.4, -0.2) is 18.3 Å². The van der Waals surface area contributed by atoms with Crippen molar-refractivity contribution in [1.29, 1.82) is 0 Å². The molecule has 1 atom stereocenters. The van der Waals surface area contributed by atoms with Gasteiger partial charge in [0.15, 0.2) is 0 Å². The third kappa shape index (κ3) is 4.94. The number of carbonyl (C=O) groups is 1. The average molecular weight is 400 g/mol. The summed E-state index contributed by atoms with van der Waals surface area (Å²) < 4.78 is 0.903. The van der Waals surface area contributed by atoms with Gasteiger partial charge in [0.2, 0.25) is 0 Å². The second-order valence-corrected chi connectivity index (χ2v) is 6.06. The van der Waals surface area contributed by atoms with Gasteiger partial charge in [-0.1, -0.05) is 24.9 Å². The molecule has 18 heavy (non-hydrogen) atoms. The van der Waals surface area contributed by atoms with Crippen molar-refractivity contribution < 1.29 is 4.79 Å². The molecule has 0 spiro atoms. The van der Waals surface area contributed by atoms with E-state index in [0.717, 1.165) is 16.4 Å². The summed E-state index contributed by atoms with van der Waals surface area (Å²) in [6.07, 6.45) is 1.94. The maximum Gasteiger partial charge on any atom is 0.252 e. The monoisotopic (exact) mass is 399 g/mol. The van der Waals surface area contributed by atoms with Gasteiger partial charge in [0, 0.05) is 21.0 Å². The van der Waals surface area contributed by atoms with E-state index in [1.165, 1.54) is 0 Å². The first-order chi connectivity index (χ1) is 8.58. The smallest absolute Gasteiger partial charge is 0.252 e. The van der Waals surface area contributed by atoms with Gasteiger partial charge in [-0.2, -0.15) is 0 Å². The van der Waals surface area contributed by atoms with Crippen LogP contribution in [0.15, 0.2) is 18.2 Å². The molecule has 0 bridgehead atoms. The molecule has 1 amide bonds. The Hall–Kier alpha value is -0.000000000000000111. The molecule has 1 N–H and O–H groups in total. The van der Waals surface area contributed by atoms with Gasteiger partial charge in [0.1, 0.15) is 0 Å². The summed E-state index contributed by atoms with van der Waals surface area (Å²) in [5.74, 6) is 0.988. The van der Waals surface area contributed by atoms with Crippen LogP contribution >= 0.6 is 45.8 Å². The summed E-state index contributed by atoms with van der Waals surface area (Å²) in [5, 5.41) is 3.52. The minimum Gasteiger partial charge on any atom is -0.352 e. The molecule has 0 saturated carbocycles. The van der Waals surface area contributed by atoms with Crippen molar-refractivity contribution in [2.24, 2.45) is 5.92 Å². The van der Waals surface area contributed by atoms with Crippen LogP contribution in [0, 0.1) is 9.49 Å². The summed E-state index contributed by atoms with van der Waals surface area (Å²) in [4.78, 5) is 12.0. The van der Waals surface area contributed by atoms with E-state index >= 15 is 0 Å². The predicted octanol–water partition coefficient (Wildman–Crippen LogP) is 4.33. The van der Waals surface area contributed by atoms with Crippen LogP contribution in [0.4, 0.5) is 0 Å². The third-order valence-electron chi connectivity index (χ3n) is 2.82. The molecule has 0 saturated heterocycles. The number of halogens is 3. The van der Waals surface area contributed by atoms with E-state index in [1.54, 1.807) is 12.1 Å². The van der Waals surface area contributed by atoms with Crippen molar-refractivity contribution in [2.75, 3.05) is 12.4 Å². The van der Waals surface area contributed by atoms with E-state index < -0.39 is 0 Å². The van der Waals surface area contributed by atoms with E-state index in [9.17, 15) is 4.79 Å². The molecular formula is C13H16Cl2INO. The Morgan fingerprint density at radius 3 is 2.83 bits per heavy atom. The highest BCUT2D eigenvalue weighted by molar-refractivity contribution is 14.1. The Labute approximate surface area is 132 Å². The van der Waals surface area contributed by atoms with Crippen LogP contribution in [0.3, 0.4) is 0 Å². The Morgan fingerprint density at radius 1 is 1.50 bits per heavy atom. The predicted molar refractivity (Wildman–Crippen MR) is 85.6 cm³/mol. The molecule has 0 fully saturated rings. The van der Waals surface area contributed by atoms with Crippen LogP contribution in [0.5, 0.6) is 0 Å². The number of hydrogen-bond acceptors (Lipinski definition) is 1. The third-order valence-corrected chi connectivity index (χ3v) is 4.21. The summed E-state index contributed by atoms with van der Waals surface area (Å²) in [6, 6.07) is 5.32. The molecule has 1 aromatic carbocycles. The Kier molecular flexibility index (Phi) is 7.34. The number of hydrogen-bond donors (Lipinski definition) is 1. The zero-order valence-electron chi connectivity index (χ0n) is 10.2. The van der Waals surface area contributed by atoms with Gasteiger partial charge < -0.3 is 5.32 Å². The number of amides is 1. The van der Waals surface area contributed by atoms with Crippen molar-refractivity contribution in [3.63, 3.8) is 0 Å². The summed E-state index contributed by atoms with van der Waals surface area (Å²) in [7, 11) is 0. The zero-order chi connectivity index (χ0) is 13.5. The van der Waals surface area contributed by atoms with Crippen molar-refractivity contribution in [3.8, 4) is 0 Å². The molecule has 1 unspecified atom stereocenters. The van der Waals surface area contributed by atoms with E-state index in [4.69, 9.17) is 23.2 Å². The van der Waals surface area contributed by atoms with Gasteiger partial charge in [0.25, 0.3) is 5.91 Å². The molecule has 100 valence electrons. The van der Waals surface area contributed by atoms with Gasteiger partial charge >= 0.3 is 0 Å². The molecule has 0 aliphatic rings. The van der Waals surface area contributed by atoms with Gasteiger partial charge in [-0.15, -0.1) is 11.6 Å². The average Bonchev–Trinajstić information content (AvgIpc) is 2.37. The minimum absolute atomic E-state index is 0.0741. The molecular weight excluding hydrogens is 384 g/mol. The zero-order valence-corrected chi connectivity index (χ0v) is 13.8. The fourth-order valence-electron chi connectivity index (χ4n) is 1.61. The lowest BCUT2D eigenvalue weighted by molar-refractivity contribution is 0.0945. The highest BCUT2D eigenvalue weighted by Crippen LogP contribution is 2.18. The lowest BCUT2D eigenvalue weighted by Gasteiger charge is -2.14. The minimum atomic E-state index is -0.0741. The molecule has 0 aliphatic carbocycles. The second kappa shape index (κ2) is 8.23.